The number of benzene rings is 2. The molecule has 0 amide bonds. The largest absolute Gasteiger partial charge is 0.395 e. The highest BCUT2D eigenvalue weighted by molar-refractivity contribution is 6.42. The van der Waals surface area contributed by atoms with E-state index < -0.39 is 0 Å². The first kappa shape index (κ1) is 16.4. The van der Waals surface area contributed by atoms with E-state index in [9.17, 15) is 5.11 Å². The summed E-state index contributed by atoms with van der Waals surface area (Å²) in [6, 6.07) is 14.9. The van der Waals surface area contributed by atoms with Crippen LogP contribution in [0.3, 0.4) is 0 Å². The molecular weight excluding hydrogens is 353 g/mol. The van der Waals surface area contributed by atoms with Crippen LogP contribution >= 0.6 is 34.8 Å². The lowest BCUT2D eigenvalue weighted by Gasteiger charge is -2.21. The number of aliphatic hydroxyl groups excluding tert-OH is 1. The maximum Gasteiger partial charge on any atom is 0.0631 e. The van der Waals surface area contributed by atoms with Gasteiger partial charge in [0.25, 0.3) is 0 Å². The summed E-state index contributed by atoms with van der Waals surface area (Å²) in [5.41, 5.74) is 2.60. The fraction of sp³-hybridized carbons (Fsp3) is 0.111. The molecule has 1 unspecified atom stereocenters. The number of aliphatic hydroxyl groups is 1. The molecule has 0 saturated carbocycles. The average molecular weight is 367 g/mol. The molecule has 1 aromatic heterocycles. The van der Waals surface area contributed by atoms with Crippen LogP contribution in [-0.4, -0.2) is 16.3 Å². The van der Waals surface area contributed by atoms with E-state index in [-0.39, 0.29) is 12.5 Å². The lowest BCUT2D eigenvalue weighted by molar-refractivity contribution is 0.280. The Bertz CT molecular complexity index is 815. The topological polar surface area (TPSA) is 25.2 Å². The summed E-state index contributed by atoms with van der Waals surface area (Å²) in [7, 11) is 0. The molecule has 0 saturated heterocycles. The molecule has 0 radical (unpaired) electrons. The van der Waals surface area contributed by atoms with Crippen LogP contribution in [0, 0.1) is 0 Å². The summed E-state index contributed by atoms with van der Waals surface area (Å²) in [5.74, 6) is -0.322. The Morgan fingerprint density at radius 2 is 1.65 bits per heavy atom. The Labute approximate surface area is 149 Å². The molecule has 0 fully saturated rings. The molecular formula is C18H14Cl3NO. The van der Waals surface area contributed by atoms with Crippen LogP contribution < -0.4 is 0 Å². The van der Waals surface area contributed by atoms with E-state index >= 15 is 0 Å². The van der Waals surface area contributed by atoms with Crippen LogP contribution in [0.15, 0.2) is 60.9 Å². The van der Waals surface area contributed by atoms with Gasteiger partial charge in [-0.25, -0.2) is 0 Å². The molecule has 1 atom stereocenters. The summed E-state index contributed by atoms with van der Waals surface area (Å²) in [4.78, 5) is 0. The van der Waals surface area contributed by atoms with Crippen LogP contribution in [0.25, 0.3) is 5.69 Å². The van der Waals surface area contributed by atoms with Gasteiger partial charge in [0.05, 0.1) is 16.7 Å². The van der Waals surface area contributed by atoms with Gasteiger partial charge >= 0.3 is 0 Å². The van der Waals surface area contributed by atoms with Crippen molar-refractivity contribution in [3.8, 4) is 5.69 Å². The monoisotopic (exact) mass is 365 g/mol. The minimum Gasteiger partial charge on any atom is -0.395 e. The van der Waals surface area contributed by atoms with Gasteiger partial charge in [-0.3, -0.25) is 0 Å². The minimum atomic E-state index is -0.322. The first-order valence-electron chi connectivity index (χ1n) is 7.09. The van der Waals surface area contributed by atoms with Gasteiger partial charge in [-0.1, -0.05) is 46.9 Å². The molecule has 3 rings (SSSR count). The van der Waals surface area contributed by atoms with Gasteiger partial charge in [0.2, 0.25) is 0 Å². The minimum absolute atomic E-state index is 0.103. The molecule has 118 valence electrons. The van der Waals surface area contributed by atoms with Crippen molar-refractivity contribution in [3.63, 3.8) is 0 Å². The van der Waals surface area contributed by atoms with E-state index in [4.69, 9.17) is 34.8 Å². The van der Waals surface area contributed by atoms with Crippen molar-refractivity contribution in [1.82, 2.24) is 4.57 Å². The SMILES string of the molecule is OCC(c1cc(Cl)ccc1-n1cccc1)c1cccc(Cl)c1Cl. The molecule has 0 aliphatic heterocycles. The summed E-state index contributed by atoms with van der Waals surface area (Å²) < 4.78 is 1.98. The maximum absolute atomic E-state index is 10.0. The maximum atomic E-state index is 10.0. The van der Waals surface area contributed by atoms with Gasteiger partial charge in [-0.15, -0.1) is 0 Å². The van der Waals surface area contributed by atoms with E-state index in [2.05, 4.69) is 0 Å². The third-order valence-corrected chi connectivity index (χ3v) is 4.86. The van der Waals surface area contributed by atoms with Crippen molar-refractivity contribution in [1.29, 1.82) is 0 Å². The summed E-state index contributed by atoms with van der Waals surface area (Å²) in [6.07, 6.45) is 3.89. The molecule has 0 bridgehead atoms. The Kier molecular flexibility index (Phi) is 4.98. The lowest BCUT2D eigenvalue weighted by atomic mass is 9.90. The van der Waals surface area contributed by atoms with Gasteiger partial charge in [-0.05, 0) is 47.5 Å². The Morgan fingerprint density at radius 1 is 0.913 bits per heavy atom. The van der Waals surface area contributed by atoms with E-state index in [1.807, 2.05) is 59.4 Å². The molecule has 3 aromatic rings. The van der Waals surface area contributed by atoms with Crippen LogP contribution in [-0.2, 0) is 0 Å². The first-order chi connectivity index (χ1) is 11.1. The molecule has 23 heavy (non-hydrogen) atoms. The standard InChI is InChI=1S/C18H14Cl3NO/c19-12-6-7-17(22-8-1-2-9-22)14(10-12)15(11-23)13-4-3-5-16(20)18(13)21/h1-10,15,23H,11H2. The Hall–Kier alpha value is -1.45. The predicted octanol–water partition coefficient (Wildman–Crippen LogP) is 5.56. The Balaban J connectivity index is 2.19. The quantitative estimate of drug-likeness (QED) is 0.642. The number of halogens is 3. The predicted molar refractivity (Wildman–Crippen MR) is 96.2 cm³/mol. The number of rotatable bonds is 4. The van der Waals surface area contributed by atoms with Gasteiger partial charge in [-0.2, -0.15) is 0 Å². The van der Waals surface area contributed by atoms with Gasteiger partial charge in [0.1, 0.15) is 0 Å². The van der Waals surface area contributed by atoms with E-state index in [1.165, 1.54) is 0 Å². The summed E-state index contributed by atoms with van der Waals surface area (Å²) in [5, 5.41) is 11.5. The zero-order chi connectivity index (χ0) is 16.4. The normalized spacial score (nSPS) is 12.3. The second-order valence-electron chi connectivity index (χ2n) is 5.17. The highest BCUT2D eigenvalue weighted by Crippen LogP contribution is 2.37. The molecule has 2 aromatic carbocycles. The fourth-order valence-corrected chi connectivity index (χ4v) is 3.31. The van der Waals surface area contributed by atoms with Crippen LogP contribution in [0.4, 0.5) is 0 Å². The molecule has 0 spiro atoms. The molecule has 2 nitrogen and oxygen atoms in total. The van der Waals surface area contributed by atoms with Crippen molar-refractivity contribution in [2.24, 2.45) is 0 Å². The van der Waals surface area contributed by atoms with Crippen molar-refractivity contribution in [2.45, 2.75) is 5.92 Å². The van der Waals surface area contributed by atoms with Crippen molar-refractivity contribution >= 4 is 34.8 Å². The molecule has 1 heterocycles. The molecule has 5 heteroatoms. The smallest absolute Gasteiger partial charge is 0.0631 e. The zero-order valence-corrected chi connectivity index (χ0v) is 14.4. The van der Waals surface area contributed by atoms with E-state index in [0.29, 0.717) is 15.1 Å². The van der Waals surface area contributed by atoms with Crippen LogP contribution in [0.1, 0.15) is 17.0 Å². The van der Waals surface area contributed by atoms with E-state index in [0.717, 1.165) is 16.8 Å². The molecule has 0 aliphatic rings. The highest BCUT2D eigenvalue weighted by atomic mass is 35.5. The number of hydrogen-bond acceptors (Lipinski definition) is 1. The Morgan fingerprint density at radius 3 is 2.35 bits per heavy atom. The summed E-state index contributed by atoms with van der Waals surface area (Å²) >= 11 is 18.7. The number of nitrogens with zero attached hydrogens (tertiary/aromatic N) is 1. The number of hydrogen-bond donors (Lipinski definition) is 1. The van der Waals surface area contributed by atoms with Gasteiger partial charge < -0.3 is 9.67 Å². The first-order valence-corrected chi connectivity index (χ1v) is 8.22. The lowest BCUT2D eigenvalue weighted by Crippen LogP contribution is -2.10. The highest BCUT2D eigenvalue weighted by Gasteiger charge is 2.21. The second kappa shape index (κ2) is 6.98. The fourth-order valence-electron chi connectivity index (χ4n) is 2.69. The average Bonchev–Trinajstić information content (AvgIpc) is 3.06. The zero-order valence-electron chi connectivity index (χ0n) is 12.1. The van der Waals surface area contributed by atoms with Crippen LogP contribution in [0.5, 0.6) is 0 Å². The number of aromatic nitrogens is 1. The van der Waals surface area contributed by atoms with Crippen LogP contribution in [0.2, 0.25) is 15.1 Å². The van der Waals surface area contributed by atoms with Crippen molar-refractivity contribution < 1.29 is 5.11 Å². The van der Waals surface area contributed by atoms with Crippen molar-refractivity contribution in [2.75, 3.05) is 6.61 Å². The van der Waals surface area contributed by atoms with Gasteiger partial charge in [0.15, 0.2) is 0 Å². The molecule has 0 aliphatic carbocycles. The summed E-state index contributed by atoms with van der Waals surface area (Å²) in [6.45, 7) is -0.103. The van der Waals surface area contributed by atoms with E-state index in [1.54, 1.807) is 6.07 Å². The second-order valence-corrected chi connectivity index (χ2v) is 6.39. The van der Waals surface area contributed by atoms with Gasteiger partial charge in [0, 0.05) is 29.0 Å². The molecule has 1 N–H and O–H groups in total. The third-order valence-electron chi connectivity index (χ3n) is 3.79. The third kappa shape index (κ3) is 3.26. The van der Waals surface area contributed by atoms with Crippen molar-refractivity contribution in [3.05, 3.63) is 87.1 Å².